The number of nitrogens with zero attached hydrogens (tertiary/aromatic N) is 1. The van der Waals surface area contributed by atoms with E-state index in [1.54, 1.807) is 6.92 Å². The summed E-state index contributed by atoms with van der Waals surface area (Å²) in [5.41, 5.74) is 4.79. The van der Waals surface area contributed by atoms with Crippen LogP contribution in [-0.4, -0.2) is 20.4 Å². The SMILES string of the molecule is CCC(N=S(=O)=O)C(N)=O. The first-order chi connectivity index (χ1) is 4.57. The van der Waals surface area contributed by atoms with Crippen molar-refractivity contribution < 1.29 is 13.2 Å². The molecule has 1 atom stereocenters. The van der Waals surface area contributed by atoms with Gasteiger partial charge in [-0.3, -0.25) is 4.79 Å². The Bertz CT molecular complexity index is 235. The smallest absolute Gasteiger partial charge is 0.311 e. The maximum absolute atomic E-state index is 10.3. The zero-order valence-corrected chi connectivity index (χ0v) is 6.26. The lowest BCUT2D eigenvalue weighted by Gasteiger charge is -1.97. The molecule has 5 nitrogen and oxygen atoms in total. The molecular weight excluding hydrogens is 156 g/mol. The standard InChI is InChI=1S/C4H8N2O3S/c1-2-3(4(5)7)6-10(8)9/h3H,2H2,1H3,(H2,5,7). The fourth-order valence-corrected chi connectivity index (χ4v) is 0.892. The molecule has 0 rings (SSSR count). The summed E-state index contributed by atoms with van der Waals surface area (Å²) in [5, 5.41) is 0. The van der Waals surface area contributed by atoms with Crippen molar-refractivity contribution in [1.29, 1.82) is 0 Å². The predicted molar refractivity (Wildman–Crippen MR) is 34.6 cm³/mol. The lowest BCUT2D eigenvalue weighted by molar-refractivity contribution is -0.119. The molecule has 0 aliphatic rings. The summed E-state index contributed by atoms with van der Waals surface area (Å²) in [5.74, 6) is -0.716. The van der Waals surface area contributed by atoms with Crippen LogP contribution in [0.1, 0.15) is 13.3 Å². The summed E-state index contributed by atoms with van der Waals surface area (Å²) in [6.45, 7) is 1.63. The van der Waals surface area contributed by atoms with E-state index in [1.165, 1.54) is 0 Å². The first kappa shape index (κ1) is 9.09. The molecule has 0 heterocycles. The number of nitrogens with two attached hydrogens (primary N) is 1. The minimum atomic E-state index is -2.54. The normalized spacial score (nSPS) is 12.1. The van der Waals surface area contributed by atoms with Gasteiger partial charge in [0, 0.05) is 0 Å². The van der Waals surface area contributed by atoms with Crippen LogP contribution in [0.25, 0.3) is 0 Å². The van der Waals surface area contributed by atoms with Gasteiger partial charge in [-0.05, 0) is 6.42 Å². The summed E-state index contributed by atoms with van der Waals surface area (Å²) in [4.78, 5) is 10.3. The van der Waals surface area contributed by atoms with Crippen LogP contribution in [0, 0.1) is 0 Å². The van der Waals surface area contributed by atoms with Crippen molar-refractivity contribution in [3.8, 4) is 0 Å². The van der Waals surface area contributed by atoms with Gasteiger partial charge >= 0.3 is 10.5 Å². The van der Waals surface area contributed by atoms with Gasteiger partial charge in [0.2, 0.25) is 5.91 Å². The molecule has 10 heavy (non-hydrogen) atoms. The highest BCUT2D eigenvalue weighted by molar-refractivity contribution is 7.61. The molecule has 6 heteroatoms. The summed E-state index contributed by atoms with van der Waals surface area (Å²) in [6.07, 6.45) is 0.309. The van der Waals surface area contributed by atoms with Crippen LogP contribution in [0.4, 0.5) is 0 Å². The van der Waals surface area contributed by atoms with Gasteiger partial charge in [-0.2, -0.15) is 12.8 Å². The van der Waals surface area contributed by atoms with Gasteiger partial charge in [0.25, 0.3) is 0 Å². The average molecular weight is 164 g/mol. The van der Waals surface area contributed by atoms with Crippen LogP contribution in [0.15, 0.2) is 4.36 Å². The van der Waals surface area contributed by atoms with Gasteiger partial charge in [-0.1, -0.05) is 6.92 Å². The molecule has 0 aliphatic heterocycles. The van der Waals surface area contributed by atoms with Crippen LogP contribution in [0.2, 0.25) is 0 Å². The van der Waals surface area contributed by atoms with Crippen LogP contribution in [0.3, 0.4) is 0 Å². The van der Waals surface area contributed by atoms with E-state index in [9.17, 15) is 13.2 Å². The van der Waals surface area contributed by atoms with Crippen molar-refractivity contribution in [3.63, 3.8) is 0 Å². The minimum absolute atomic E-state index is 0.309. The second kappa shape index (κ2) is 3.99. The molecule has 0 saturated carbocycles. The predicted octanol–water partition coefficient (Wildman–Crippen LogP) is -0.687. The van der Waals surface area contributed by atoms with Crippen LogP contribution in [-0.2, 0) is 15.3 Å². The van der Waals surface area contributed by atoms with Crippen molar-refractivity contribution in [2.24, 2.45) is 10.1 Å². The van der Waals surface area contributed by atoms with Crippen molar-refractivity contribution in [3.05, 3.63) is 0 Å². The van der Waals surface area contributed by atoms with E-state index in [-0.39, 0.29) is 0 Å². The lowest BCUT2D eigenvalue weighted by atomic mass is 10.2. The number of hydrogen-bond acceptors (Lipinski definition) is 4. The Morgan fingerprint density at radius 1 is 1.70 bits per heavy atom. The van der Waals surface area contributed by atoms with Crippen molar-refractivity contribution in [2.45, 2.75) is 19.4 Å². The van der Waals surface area contributed by atoms with Gasteiger partial charge in [0.1, 0.15) is 6.04 Å². The highest BCUT2D eigenvalue weighted by Crippen LogP contribution is 1.93. The molecule has 0 aromatic carbocycles. The van der Waals surface area contributed by atoms with E-state index in [2.05, 4.69) is 4.36 Å². The first-order valence-corrected chi connectivity index (χ1v) is 3.70. The largest absolute Gasteiger partial charge is 0.368 e. The summed E-state index contributed by atoms with van der Waals surface area (Å²) < 4.78 is 22.8. The third kappa shape index (κ3) is 3.18. The van der Waals surface area contributed by atoms with Gasteiger partial charge in [0.05, 0.1) is 0 Å². The third-order valence-corrected chi connectivity index (χ3v) is 1.36. The fourth-order valence-electron chi connectivity index (χ4n) is 0.432. The molecule has 0 radical (unpaired) electrons. The Balaban J connectivity index is 4.39. The molecular formula is C4H8N2O3S. The van der Waals surface area contributed by atoms with Gasteiger partial charge < -0.3 is 5.73 Å². The van der Waals surface area contributed by atoms with Crippen LogP contribution in [0.5, 0.6) is 0 Å². The zero-order chi connectivity index (χ0) is 8.15. The van der Waals surface area contributed by atoms with Gasteiger partial charge in [-0.15, -0.1) is 0 Å². The quantitative estimate of drug-likeness (QED) is 0.598. The Morgan fingerprint density at radius 3 is 2.30 bits per heavy atom. The van der Waals surface area contributed by atoms with E-state index < -0.39 is 22.4 Å². The molecule has 2 N–H and O–H groups in total. The number of amides is 1. The molecule has 0 aromatic heterocycles. The third-order valence-electron chi connectivity index (χ3n) is 0.928. The number of carbonyl (C=O) groups is 1. The molecule has 58 valence electrons. The van der Waals surface area contributed by atoms with E-state index in [4.69, 9.17) is 5.73 Å². The molecule has 0 aliphatic carbocycles. The van der Waals surface area contributed by atoms with E-state index >= 15 is 0 Å². The maximum Gasteiger partial charge on any atom is 0.311 e. The number of carbonyl (C=O) groups excluding carboxylic acids is 1. The molecule has 0 spiro atoms. The Labute approximate surface area is 59.9 Å². The Hall–Kier alpha value is -0.910. The van der Waals surface area contributed by atoms with E-state index in [0.717, 1.165) is 0 Å². The topological polar surface area (TPSA) is 89.6 Å². The molecule has 0 aromatic rings. The Kier molecular flexibility index (Phi) is 3.63. The number of rotatable bonds is 3. The molecule has 1 unspecified atom stereocenters. The Morgan fingerprint density at radius 2 is 2.20 bits per heavy atom. The molecule has 0 fully saturated rings. The average Bonchev–Trinajstić information content (AvgIpc) is 1.81. The molecule has 0 saturated heterocycles. The van der Waals surface area contributed by atoms with Gasteiger partial charge in [0.15, 0.2) is 0 Å². The van der Waals surface area contributed by atoms with Crippen LogP contribution >= 0.6 is 0 Å². The van der Waals surface area contributed by atoms with Crippen LogP contribution < -0.4 is 5.73 Å². The zero-order valence-electron chi connectivity index (χ0n) is 5.44. The molecule has 0 bridgehead atoms. The summed E-state index contributed by atoms with van der Waals surface area (Å²) in [7, 11) is -2.54. The first-order valence-electron chi connectivity index (χ1n) is 2.67. The monoisotopic (exact) mass is 164 g/mol. The van der Waals surface area contributed by atoms with E-state index in [0.29, 0.717) is 6.42 Å². The highest BCUT2D eigenvalue weighted by atomic mass is 32.2. The second-order valence-electron chi connectivity index (χ2n) is 1.65. The summed E-state index contributed by atoms with van der Waals surface area (Å²) in [6, 6.07) is -0.904. The van der Waals surface area contributed by atoms with Crippen molar-refractivity contribution in [2.75, 3.05) is 0 Å². The van der Waals surface area contributed by atoms with E-state index in [1.807, 2.05) is 0 Å². The minimum Gasteiger partial charge on any atom is -0.368 e. The number of primary amides is 1. The number of hydrogen-bond donors (Lipinski definition) is 1. The van der Waals surface area contributed by atoms with Crippen molar-refractivity contribution >= 4 is 16.4 Å². The van der Waals surface area contributed by atoms with Crippen molar-refractivity contribution in [1.82, 2.24) is 0 Å². The highest BCUT2D eigenvalue weighted by Gasteiger charge is 2.10. The maximum atomic E-state index is 10.3. The van der Waals surface area contributed by atoms with Gasteiger partial charge in [-0.25, -0.2) is 0 Å². The second-order valence-corrected chi connectivity index (χ2v) is 2.29. The summed E-state index contributed by atoms with van der Waals surface area (Å²) >= 11 is 0. The molecule has 1 amide bonds. The fraction of sp³-hybridized carbons (Fsp3) is 0.750. The lowest BCUT2D eigenvalue weighted by Crippen LogP contribution is -2.25.